The molecule has 96 valence electrons. The fourth-order valence-corrected chi connectivity index (χ4v) is 3.24. The number of hydrogen-bond acceptors (Lipinski definition) is 3. The second-order valence-electron chi connectivity index (χ2n) is 4.09. The maximum Gasteiger partial charge on any atom is 0.121 e. The topological polar surface area (TPSA) is 21.3 Å². The molecule has 1 N–H and O–H groups in total. The molecule has 1 atom stereocenters. The van der Waals surface area contributed by atoms with E-state index in [4.69, 9.17) is 16.3 Å². The van der Waals surface area contributed by atoms with Crippen LogP contribution in [0.25, 0.3) is 0 Å². The van der Waals surface area contributed by atoms with Gasteiger partial charge >= 0.3 is 0 Å². The molecule has 0 fully saturated rings. The van der Waals surface area contributed by atoms with Crippen LogP contribution in [0.3, 0.4) is 0 Å². The summed E-state index contributed by atoms with van der Waals surface area (Å²) >= 11 is 7.60. The zero-order valence-electron chi connectivity index (χ0n) is 10.7. The molecule has 2 rings (SSSR count). The van der Waals surface area contributed by atoms with Crippen LogP contribution in [-0.2, 0) is 0 Å². The predicted molar refractivity (Wildman–Crippen MR) is 78.0 cm³/mol. The number of methoxy groups -OCH3 is 1. The van der Waals surface area contributed by atoms with Gasteiger partial charge in [-0.3, -0.25) is 0 Å². The highest BCUT2D eigenvalue weighted by Gasteiger charge is 2.15. The third-order valence-electron chi connectivity index (χ3n) is 2.92. The first-order chi connectivity index (χ1) is 8.65. The first-order valence-corrected chi connectivity index (χ1v) is 6.92. The maximum atomic E-state index is 6.00. The van der Waals surface area contributed by atoms with Crippen LogP contribution in [0.5, 0.6) is 5.75 Å². The number of ether oxygens (including phenoxy) is 1. The molecule has 0 spiro atoms. The van der Waals surface area contributed by atoms with Gasteiger partial charge < -0.3 is 10.1 Å². The van der Waals surface area contributed by atoms with Crippen LogP contribution in [0.2, 0.25) is 4.34 Å². The van der Waals surface area contributed by atoms with E-state index in [0.717, 1.165) is 15.6 Å². The van der Waals surface area contributed by atoms with Crippen molar-refractivity contribution in [1.29, 1.82) is 0 Å². The molecular formula is C14H16ClNOS. The molecule has 1 aromatic heterocycles. The highest BCUT2D eigenvalue weighted by molar-refractivity contribution is 7.16. The quantitative estimate of drug-likeness (QED) is 0.914. The van der Waals surface area contributed by atoms with E-state index in [1.54, 1.807) is 18.4 Å². The van der Waals surface area contributed by atoms with E-state index in [1.807, 2.05) is 19.2 Å². The summed E-state index contributed by atoms with van der Waals surface area (Å²) in [5.41, 5.74) is 2.35. The van der Waals surface area contributed by atoms with E-state index in [2.05, 4.69) is 30.4 Å². The van der Waals surface area contributed by atoms with Gasteiger partial charge in [0.25, 0.3) is 0 Å². The summed E-state index contributed by atoms with van der Waals surface area (Å²) in [6, 6.07) is 10.4. The summed E-state index contributed by atoms with van der Waals surface area (Å²) in [7, 11) is 3.65. The molecule has 0 saturated carbocycles. The Morgan fingerprint density at radius 1 is 1.28 bits per heavy atom. The summed E-state index contributed by atoms with van der Waals surface area (Å²) in [4.78, 5) is 1.21. The third kappa shape index (κ3) is 2.69. The Morgan fingerprint density at radius 2 is 2.06 bits per heavy atom. The van der Waals surface area contributed by atoms with Gasteiger partial charge in [0.2, 0.25) is 0 Å². The first kappa shape index (κ1) is 13.4. The van der Waals surface area contributed by atoms with Gasteiger partial charge in [-0.25, -0.2) is 0 Å². The normalized spacial score (nSPS) is 12.4. The van der Waals surface area contributed by atoms with Crippen molar-refractivity contribution in [3.63, 3.8) is 0 Å². The van der Waals surface area contributed by atoms with E-state index in [1.165, 1.54) is 10.4 Å². The first-order valence-electron chi connectivity index (χ1n) is 5.72. The lowest BCUT2D eigenvalue weighted by Crippen LogP contribution is -2.16. The zero-order chi connectivity index (χ0) is 13.1. The van der Waals surface area contributed by atoms with E-state index >= 15 is 0 Å². The van der Waals surface area contributed by atoms with E-state index in [-0.39, 0.29) is 6.04 Å². The maximum absolute atomic E-state index is 6.00. The van der Waals surface area contributed by atoms with E-state index in [0.29, 0.717) is 0 Å². The van der Waals surface area contributed by atoms with Gasteiger partial charge in [0.15, 0.2) is 0 Å². The van der Waals surface area contributed by atoms with Crippen LogP contribution in [0, 0.1) is 6.92 Å². The Labute approximate surface area is 117 Å². The molecule has 2 aromatic rings. The van der Waals surface area contributed by atoms with Crippen molar-refractivity contribution in [3.8, 4) is 5.75 Å². The molecule has 2 nitrogen and oxygen atoms in total. The molecule has 4 heteroatoms. The summed E-state index contributed by atoms with van der Waals surface area (Å²) in [5.74, 6) is 0.915. The van der Waals surface area contributed by atoms with Crippen LogP contribution in [0.15, 0.2) is 30.3 Å². The Kier molecular flexibility index (Phi) is 4.27. The van der Waals surface area contributed by atoms with Gasteiger partial charge in [-0.1, -0.05) is 23.7 Å². The number of thiophene rings is 1. The lowest BCUT2D eigenvalue weighted by atomic mass is 10.0. The molecule has 0 aliphatic heterocycles. The van der Waals surface area contributed by atoms with E-state index in [9.17, 15) is 0 Å². The minimum atomic E-state index is 0.173. The van der Waals surface area contributed by atoms with Crippen LogP contribution in [0.1, 0.15) is 22.0 Å². The fraction of sp³-hybridized carbons (Fsp3) is 0.286. The molecule has 18 heavy (non-hydrogen) atoms. The number of rotatable bonds is 4. The van der Waals surface area contributed by atoms with Crippen molar-refractivity contribution >= 4 is 22.9 Å². The van der Waals surface area contributed by atoms with Crippen molar-refractivity contribution in [2.45, 2.75) is 13.0 Å². The smallest absolute Gasteiger partial charge is 0.121 e. The summed E-state index contributed by atoms with van der Waals surface area (Å²) in [5, 5.41) is 3.32. The third-order valence-corrected chi connectivity index (χ3v) is 4.22. The van der Waals surface area contributed by atoms with Crippen molar-refractivity contribution in [2.75, 3.05) is 14.2 Å². The lowest BCUT2D eigenvalue weighted by molar-refractivity contribution is 0.411. The average Bonchev–Trinajstić information content (AvgIpc) is 2.77. The second-order valence-corrected chi connectivity index (χ2v) is 5.84. The molecule has 1 heterocycles. The SMILES string of the molecule is CNC(c1ccc(OC)c(C)c1)c1ccc(Cl)s1. The largest absolute Gasteiger partial charge is 0.496 e. The zero-order valence-corrected chi connectivity index (χ0v) is 12.2. The van der Waals surface area contributed by atoms with Crippen molar-refractivity contribution in [3.05, 3.63) is 50.7 Å². The van der Waals surface area contributed by atoms with Crippen LogP contribution in [0.4, 0.5) is 0 Å². The molecule has 1 aromatic carbocycles. The highest BCUT2D eigenvalue weighted by atomic mass is 35.5. The molecule has 1 unspecified atom stereocenters. The monoisotopic (exact) mass is 281 g/mol. The molecule has 0 bridgehead atoms. The molecule has 0 saturated heterocycles. The van der Waals surface area contributed by atoms with Gasteiger partial charge in [0.05, 0.1) is 17.5 Å². The number of halogens is 1. The molecule has 0 aliphatic rings. The van der Waals surface area contributed by atoms with E-state index < -0.39 is 0 Å². The van der Waals surface area contributed by atoms with Crippen LogP contribution in [-0.4, -0.2) is 14.2 Å². The molecule has 0 amide bonds. The summed E-state index contributed by atoms with van der Waals surface area (Å²) in [6.45, 7) is 2.05. The van der Waals surface area contributed by atoms with Gasteiger partial charge in [-0.05, 0) is 43.3 Å². The van der Waals surface area contributed by atoms with Crippen molar-refractivity contribution in [1.82, 2.24) is 5.32 Å². The molecule has 0 radical (unpaired) electrons. The van der Waals surface area contributed by atoms with Crippen LogP contribution >= 0.6 is 22.9 Å². The minimum Gasteiger partial charge on any atom is -0.496 e. The Hall–Kier alpha value is -1.03. The number of nitrogens with one attached hydrogen (secondary N) is 1. The second kappa shape index (κ2) is 5.74. The average molecular weight is 282 g/mol. The van der Waals surface area contributed by atoms with Crippen LogP contribution < -0.4 is 10.1 Å². The molecular weight excluding hydrogens is 266 g/mol. The van der Waals surface area contributed by atoms with Crippen molar-refractivity contribution in [2.24, 2.45) is 0 Å². The summed E-state index contributed by atoms with van der Waals surface area (Å²) in [6.07, 6.45) is 0. The Bertz CT molecular complexity index is 538. The molecule has 0 aliphatic carbocycles. The predicted octanol–water partition coefficient (Wildman–Crippen LogP) is 4.03. The Morgan fingerprint density at radius 3 is 2.56 bits per heavy atom. The van der Waals surface area contributed by atoms with Gasteiger partial charge in [0.1, 0.15) is 5.75 Å². The van der Waals surface area contributed by atoms with Gasteiger partial charge in [0, 0.05) is 4.88 Å². The van der Waals surface area contributed by atoms with Gasteiger partial charge in [-0.15, -0.1) is 11.3 Å². The summed E-state index contributed by atoms with van der Waals surface area (Å²) < 4.78 is 6.10. The number of benzene rings is 1. The number of hydrogen-bond donors (Lipinski definition) is 1. The minimum absolute atomic E-state index is 0.173. The fourth-order valence-electron chi connectivity index (χ4n) is 2.04. The highest BCUT2D eigenvalue weighted by Crippen LogP contribution is 2.32. The van der Waals surface area contributed by atoms with Gasteiger partial charge in [-0.2, -0.15) is 0 Å². The number of aryl methyl sites for hydroxylation is 1. The van der Waals surface area contributed by atoms with Crippen molar-refractivity contribution < 1.29 is 4.74 Å². The Balaban J connectivity index is 2.36. The lowest BCUT2D eigenvalue weighted by Gasteiger charge is -2.16. The standard InChI is InChI=1S/C14H16ClNOS/c1-9-8-10(4-5-11(9)17-3)14(16-2)12-6-7-13(15)18-12/h4-8,14,16H,1-3H3.